The minimum atomic E-state index is -4.73. The Labute approximate surface area is 178 Å². The maximum absolute atomic E-state index is 13.3. The van der Waals surface area contributed by atoms with E-state index in [1.165, 1.54) is 17.0 Å². The molecule has 3 saturated heterocycles. The molecule has 31 heavy (non-hydrogen) atoms. The van der Waals surface area contributed by atoms with Crippen molar-refractivity contribution in [3.8, 4) is 5.75 Å². The third kappa shape index (κ3) is 4.16. The first-order valence-electron chi connectivity index (χ1n) is 10.5. The number of fused-ring (bicyclic) bond motifs is 2. The molecule has 0 saturated carbocycles. The molecule has 3 fully saturated rings. The second kappa shape index (κ2) is 8.07. The number of hydrogen-bond donors (Lipinski definition) is 1. The molecule has 170 valence electrons. The van der Waals surface area contributed by atoms with Crippen LogP contribution in [0.5, 0.6) is 5.75 Å². The van der Waals surface area contributed by atoms with Crippen LogP contribution < -0.4 is 4.74 Å². The van der Waals surface area contributed by atoms with Gasteiger partial charge in [-0.3, -0.25) is 24.3 Å². The number of imide groups is 1. The number of likely N-dealkylation sites (tertiary alicyclic amines) is 1. The maximum Gasteiger partial charge on any atom is 0.573 e. The monoisotopic (exact) mass is 441 g/mol. The Morgan fingerprint density at radius 2 is 1.87 bits per heavy atom. The van der Waals surface area contributed by atoms with Gasteiger partial charge in [-0.25, -0.2) is 0 Å². The molecule has 1 aromatic carbocycles. The van der Waals surface area contributed by atoms with Gasteiger partial charge in [0.1, 0.15) is 11.3 Å². The summed E-state index contributed by atoms with van der Waals surface area (Å²) >= 11 is 0. The highest BCUT2D eigenvalue weighted by Crippen LogP contribution is 2.41. The van der Waals surface area contributed by atoms with E-state index in [-0.39, 0.29) is 17.6 Å². The van der Waals surface area contributed by atoms with Crippen LogP contribution in [0.25, 0.3) is 0 Å². The Bertz CT molecular complexity index is 839. The summed E-state index contributed by atoms with van der Waals surface area (Å²) in [6.07, 6.45) is -3.44. The van der Waals surface area contributed by atoms with Crippen LogP contribution in [-0.2, 0) is 16.1 Å². The highest BCUT2D eigenvalue weighted by Gasteiger charge is 2.63. The van der Waals surface area contributed by atoms with Crippen LogP contribution in [0.1, 0.15) is 31.7 Å². The molecule has 1 spiro atoms. The van der Waals surface area contributed by atoms with Crippen LogP contribution in [-0.4, -0.2) is 81.8 Å². The fourth-order valence-corrected chi connectivity index (χ4v) is 4.88. The number of carbonyl (C=O) groups excluding carboxylic acids is 2. The zero-order valence-corrected chi connectivity index (χ0v) is 17.3. The Kier molecular flexibility index (Phi) is 5.74. The van der Waals surface area contributed by atoms with E-state index in [1.807, 2.05) is 16.7 Å². The van der Waals surface area contributed by atoms with Gasteiger partial charge in [0.25, 0.3) is 5.91 Å². The average Bonchev–Trinajstić information content (AvgIpc) is 3.06. The molecule has 4 rings (SSSR count). The largest absolute Gasteiger partial charge is 0.573 e. The van der Waals surface area contributed by atoms with Crippen molar-refractivity contribution in [1.82, 2.24) is 14.7 Å². The van der Waals surface area contributed by atoms with E-state index in [2.05, 4.69) is 4.74 Å². The zero-order chi connectivity index (χ0) is 22.4. The highest BCUT2D eigenvalue weighted by molar-refractivity contribution is 6.06. The SMILES string of the molecule is CCCCN1C(=O)C2CC(O)CN2C2(CN(Cc3ccc(OC(F)(F)F)cc3)C2)C1=O. The van der Waals surface area contributed by atoms with Crippen molar-refractivity contribution in [1.29, 1.82) is 0 Å². The number of carbonyl (C=O) groups is 2. The van der Waals surface area contributed by atoms with E-state index in [9.17, 15) is 27.9 Å². The third-order valence-electron chi connectivity index (χ3n) is 6.29. The Morgan fingerprint density at radius 1 is 1.19 bits per heavy atom. The van der Waals surface area contributed by atoms with Gasteiger partial charge in [0.2, 0.25) is 5.91 Å². The van der Waals surface area contributed by atoms with Crippen LogP contribution in [0.4, 0.5) is 13.2 Å². The van der Waals surface area contributed by atoms with Crippen LogP contribution in [0.3, 0.4) is 0 Å². The normalized spacial score (nSPS) is 26.3. The van der Waals surface area contributed by atoms with Crippen molar-refractivity contribution in [2.75, 3.05) is 26.2 Å². The molecule has 2 unspecified atom stereocenters. The number of aliphatic hydroxyl groups excluding tert-OH is 1. The smallest absolute Gasteiger partial charge is 0.406 e. The van der Waals surface area contributed by atoms with Crippen molar-refractivity contribution >= 4 is 11.8 Å². The Hall–Kier alpha value is -2.17. The topological polar surface area (TPSA) is 73.3 Å². The Morgan fingerprint density at radius 3 is 2.48 bits per heavy atom. The summed E-state index contributed by atoms with van der Waals surface area (Å²) in [5.74, 6) is -0.710. The molecule has 3 aliphatic heterocycles. The average molecular weight is 441 g/mol. The number of amides is 2. The number of ether oxygens (including phenoxy) is 1. The van der Waals surface area contributed by atoms with Crippen molar-refractivity contribution in [2.45, 2.75) is 56.8 Å². The maximum atomic E-state index is 13.3. The van der Waals surface area contributed by atoms with Crippen LogP contribution in [0.15, 0.2) is 24.3 Å². The molecule has 0 aromatic heterocycles. The molecule has 1 N–H and O–H groups in total. The summed E-state index contributed by atoms with van der Waals surface area (Å²) in [5.41, 5.74) is -0.0343. The fraction of sp³-hybridized carbons (Fsp3) is 0.619. The van der Waals surface area contributed by atoms with E-state index >= 15 is 0 Å². The lowest BCUT2D eigenvalue weighted by Crippen LogP contribution is -2.81. The minimum Gasteiger partial charge on any atom is -0.406 e. The van der Waals surface area contributed by atoms with Gasteiger partial charge in [-0.05, 0) is 30.5 Å². The number of unbranched alkanes of at least 4 members (excludes halogenated alkanes) is 1. The number of alkyl halides is 3. The lowest BCUT2D eigenvalue weighted by atomic mass is 9.82. The van der Waals surface area contributed by atoms with Gasteiger partial charge in [0.15, 0.2) is 0 Å². The van der Waals surface area contributed by atoms with Gasteiger partial charge >= 0.3 is 6.36 Å². The summed E-state index contributed by atoms with van der Waals surface area (Å²) < 4.78 is 40.8. The second-order valence-electron chi connectivity index (χ2n) is 8.57. The molecule has 3 heterocycles. The number of hydrogen-bond acceptors (Lipinski definition) is 6. The first kappa shape index (κ1) is 22.0. The van der Waals surface area contributed by atoms with E-state index < -0.39 is 24.0 Å². The molecular formula is C21H26F3N3O4. The number of piperazine rings is 1. The van der Waals surface area contributed by atoms with E-state index in [0.29, 0.717) is 39.1 Å². The van der Waals surface area contributed by atoms with E-state index in [1.54, 1.807) is 12.1 Å². The van der Waals surface area contributed by atoms with Crippen LogP contribution >= 0.6 is 0 Å². The summed E-state index contributed by atoms with van der Waals surface area (Å²) in [6.45, 7) is 3.96. The predicted octanol–water partition coefficient (Wildman–Crippen LogP) is 1.74. The molecule has 1 aromatic rings. The van der Waals surface area contributed by atoms with Crippen molar-refractivity contribution in [3.05, 3.63) is 29.8 Å². The number of nitrogens with zero attached hydrogens (tertiary/aromatic N) is 3. The zero-order valence-electron chi connectivity index (χ0n) is 17.3. The van der Waals surface area contributed by atoms with Crippen molar-refractivity contribution < 1.29 is 32.6 Å². The van der Waals surface area contributed by atoms with Crippen LogP contribution in [0.2, 0.25) is 0 Å². The quantitative estimate of drug-likeness (QED) is 0.679. The van der Waals surface area contributed by atoms with E-state index in [4.69, 9.17) is 0 Å². The van der Waals surface area contributed by atoms with Crippen LogP contribution in [0, 0.1) is 0 Å². The first-order valence-corrected chi connectivity index (χ1v) is 10.5. The molecule has 2 amide bonds. The Balaban J connectivity index is 1.45. The number of aliphatic hydroxyl groups is 1. The molecule has 2 atom stereocenters. The molecule has 3 aliphatic rings. The van der Waals surface area contributed by atoms with Gasteiger partial charge in [0.05, 0.1) is 12.1 Å². The first-order chi connectivity index (χ1) is 14.6. The molecule has 0 radical (unpaired) electrons. The minimum absolute atomic E-state index is 0.207. The molecular weight excluding hydrogens is 415 g/mol. The summed E-state index contributed by atoms with van der Waals surface area (Å²) in [5, 5.41) is 10.2. The second-order valence-corrected chi connectivity index (χ2v) is 8.57. The lowest BCUT2D eigenvalue weighted by molar-refractivity contribution is -0.274. The van der Waals surface area contributed by atoms with E-state index in [0.717, 1.165) is 18.4 Å². The third-order valence-corrected chi connectivity index (χ3v) is 6.29. The van der Waals surface area contributed by atoms with Gasteiger partial charge in [-0.15, -0.1) is 13.2 Å². The summed E-state index contributed by atoms with van der Waals surface area (Å²) in [6, 6.07) is 5.18. The molecule has 7 nitrogen and oxygen atoms in total. The summed E-state index contributed by atoms with van der Waals surface area (Å²) in [7, 11) is 0. The van der Waals surface area contributed by atoms with Gasteiger partial charge in [0, 0.05) is 32.7 Å². The summed E-state index contributed by atoms with van der Waals surface area (Å²) in [4.78, 5) is 31.4. The molecule has 10 heteroatoms. The predicted molar refractivity (Wildman–Crippen MR) is 104 cm³/mol. The standard InChI is InChI=1S/C21H26F3N3O4/c1-2-3-8-26-18(29)17-9-15(28)11-27(17)20(19(26)30)12-25(13-20)10-14-4-6-16(7-5-14)31-21(22,23)24/h4-7,15,17,28H,2-3,8-13H2,1H3. The van der Waals surface area contributed by atoms with Gasteiger partial charge in [-0.1, -0.05) is 25.5 Å². The fourth-order valence-electron chi connectivity index (χ4n) is 4.88. The molecule has 0 aliphatic carbocycles. The number of β-amino-alcohol motifs (C(OH)–C–C–N with tert-alkyl or cyclic N) is 1. The molecule has 0 bridgehead atoms. The number of benzene rings is 1. The van der Waals surface area contributed by atoms with Gasteiger partial charge < -0.3 is 9.84 Å². The van der Waals surface area contributed by atoms with Crippen molar-refractivity contribution in [2.24, 2.45) is 0 Å². The highest BCUT2D eigenvalue weighted by atomic mass is 19.4. The van der Waals surface area contributed by atoms with Crippen molar-refractivity contribution in [3.63, 3.8) is 0 Å². The lowest BCUT2D eigenvalue weighted by Gasteiger charge is -2.58. The number of halogens is 3. The van der Waals surface area contributed by atoms with Gasteiger partial charge in [-0.2, -0.15) is 0 Å². The number of rotatable bonds is 6.